The van der Waals surface area contributed by atoms with Crippen molar-refractivity contribution in [3.63, 3.8) is 0 Å². The van der Waals surface area contributed by atoms with Gasteiger partial charge in [0.1, 0.15) is 11.6 Å². The fraction of sp³-hybridized carbons (Fsp3) is 0.929. The summed E-state index contributed by atoms with van der Waals surface area (Å²) in [6, 6.07) is 0. The van der Waals surface area contributed by atoms with Gasteiger partial charge in [0.15, 0.2) is 0 Å². The van der Waals surface area contributed by atoms with Crippen LogP contribution >= 0.6 is 0 Å². The average Bonchev–Trinajstić information content (AvgIpc) is 2.78. The lowest BCUT2D eigenvalue weighted by molar-refractivity contribution is -0.147. The molecule has 1 aliphatic rings. The van der Waals surface area contributed by atoms with Gasteiger partial charge < -0.3 is 19.1 Å². The lowest BCUT2D eigenvalue weighted by atomic mass is 9.76. The molecule has 1 heterocycles. The fourth-order valence-electron chi connectivity index (χ4n) is 6.14. The van der Waals surface area contributed by atoms with Gasteiger partial charge in [0.25, 0.3) is 0 Å². The highest BCUT2D eigenvalue weighted by Crippen LogP contribution is 2.57. The molecule has 6 nitrogen and oxygen atoms in total. The van der Waals surface area contributed by atoms with Crippen LogP contribution in [0, 0.1) is 29.6 Å². The number of ketones is 2. The van der Waals surface area contributed by atoms with E-state index in [4.69, 9.17) is 8.85 Å². The summed E-state index contributed by atoms with van der Waals surface area (Å²) in [6.07, 6.45) is -1.64. The Morgan fingerprint density at radius 1 is 0.743 bits per heavy atom. The zero-order valence-corrected chi connectivity index (χ0v) is 25.6. The Morgan fingerprint density at radius 2 is 1.03 bits per heavy atom. The molecule has 0 amide bonds. The summed E-state index contributed by atoms with van der Waals surface area (Å²) in [5, 5.41) is 21.9. The number of hydrogen-bond acceptors (Lipinski definition) is 6. The van der Waals surface area contributed by atoms with E-state index in [0.29, 0.717) is 12.8 Å². The van der Waals surface area contributed by atoms with Gasteiger partial charge in [-0.3, -0.25) is 9.59 Å². The van der Waals surface area contributed by atoms with Crippen molar-refractivity contribution in [1.29, 1.82) is 0 Å². The van der Waals surface area contributed by atoms with Crippen LogP contribution in [0.3, 0.4) is 0 Å². The first-order chi connectivity index (χ1) is 15.8. The van der Waals surface area contributed by atoms with E-state index >= 15 is 0 Å². The number of hydrogen-bond donors (Lipinski definition) is 2. The van der Waals surface area contributed by atoms with E-state index < -0.39 is 32.6 Å². The minimum atomic E-state index is -3.00. The molecule has 1 saturated heterocycles. The van der Waals surface area contributed by atoms with Crippen LogP contribution in [0.4, 0.5) is 0 Å². The Bertz CT molecular complexity index is 664. The zero-order valence-electron chi connectivity index (χ0n) is 24.6. The first kappa shape index (κ1) is 32.4. The summed E-state index contributed by atoms with van der Waals surface area (Å²) >= 11 is 0. The van der Waals surface area contributed by atoms with Crippen LogP contribution in [0.15, 0.2) is 0 Å². The molecule has 0 aliphatic carbocycles. The molecule has 0 bridgehead atoms. The monoisotopic (exact) mass is 514 g/mol. The Kier molecular flexibility index (Phi) is 11.0. The Balaban J connectivity index is 3.59. The second-order valence-electron chi connectivity index (χ2n) is 13.1. The molecule has 35 heavy (non-hydrogen) atoms. The van der Waals surface area contributed by atoms with Gasteiger partial charge in [-0.1, -0.05) is 90.0 Å². The van der Waals surface area contributed by atoms with Crippen molar-refractivity contribution in [2.45, 2.75) is 137 Å². The van der Waals surface area contributed by atoms with Crippen molar-refractivity contribution in [1.82, 2.24) is 0 Å². The highest BCUT2D eigenvalue weighted by atomic mass is 28.4. The van der Waals surface area contributed by atoms with E-state index in [1.807, 2.05) is 34.6 Å². The smallest absolute Gasteiger partial charge is 0.349 e. The van der Waals surface area contributed by atoms with Crippen LogP contribution in [0.25, 0.3) is 0 Å². The fourth-order valence-corrected chi connectivity index (χ4v) is 11.5. The largest absolute Gasteiger partial charge is 0.392 e. The third-order valence-electron chi connectivity index (χ3n) is 8.47. The topological polar surface area (TPSA) is 93.1 Å². The lowest BCUT2D eigenvalue weighted by Gasteiger charge is -2.59. The predicted molar refractivity (Wildman–Crippen MR) is 143 cm³/mol. The van der Waals surface area contributed by atoms with E-state index in [2.05, 4.69) is 41.5 Å². The van der Waals surface area contributed by atoms with Crippen LogP contribution in [-0.2, 0) is 18.4 Å². The third-order valence-corrected chi connectivity index (χ3v) is 13.6. The van der Waals surface area contributed by atoms with Crippen LogP contribution in [0.5, 0.6) is 0 Å². The van der Waals surface area contributed by atoms with Crippen molar-refractivity contribution in [3.8, 4) is 0 Å². The van der Waals surface area contributed by atoms with Crippen molar-refractivity contribution in [2.75, 3.05) is 0 Å². The summed E-state index contributed by atoms with van der Waals surface area (Å²) in [5.74, 6) is -1.68. The standard InChI is InChI=1S/C28H54O6Si/c1-14-21(29)16(3)23(31)18(5)25-20(7)26(19(6)24(32)17(4)22(30)15-2)34-35(33-25,27(8,9)10)28(11,12)13/h16-20,23-26,31-32H,14-15H2,1-13H3/t16?,17?,18-,19+,20?,23?,24?,25-,26-/m0/s1. The lowest BCUT2D eigenvalue weighted by Crippen LogP contribution is -2.68. The van der Waals surface area contributed by atoms with Crippen LogP contribution in [-0.4, -0.2) is 54.8 Å². The van der Waals surface area contributed by atoms with Gasteiger partial charge in [-0.15, -0.1) is 0 Å². The second-order valence-corrected chi connectivity index (χ2v) is 17.8. The molecule has 2 N–H and O–H groups in total. The van der Waals surface area contributed by atoms with Crippen LogP contribution in [0.2, 0.25) is 10.1 Å². The highest BCUT2D eigenvalue weighted by molar-refractivity contribution is 6.73. The summed E-state index contributed by atoms with van der Waals surface area (Å²) < 4.78 is 14.1. The van der Waals surface area contributed by atoms with E-state index in [0.717, 1.165) is 0 Å². The summed E-state index contributed by atoms with van der Waals surface area (Å²) in [6.45, 7) is 26.0. The van der Waals surface area contributed by atoms with Gasteiger partial charge in [0, 0.05) is 52.5 Å². The molecule has 1 fully saturated rings. The van der Waals surface area contributed by atoms with Crippen molar-refractivity contribution in [3.05, 3.63) is 0 Å². The molecular formula is C28H54O6Si. The SMILES string of the molecule is CCC(=O)C(C)C(O)[C@@H](C)[C@@H]1O[Si](C(C)(C)C)(C(C)(C)C)O[C@@H]([C@@H](C)C(O)C(C)C(=O)CC)C1C. The molecule has 1 aliphatic heterocycles. The summed E-state index contributed by atoms with van der Waals surface area (Å²) in [4.78, 5) is 24.8. The summed E-state index contributed by atoms with van der Waals surface area (Å²) in [7, 11) is -3.00. The first-order valence-corrected chi connectivity index (χ1v) is 15.4. The Morgan fingerprint density at radius 3 is 1.26 bits per heavy atom. The minimum absolute atomic E-state index is 0.0338. The van der Waals surface area contributed by atoms with Crippen molar-refractivity contribution >= 4 is 20.1 Å². The maximum absolute atomic E-state index is 12.4. The average molecular weight is 515 g/mol. The number of carbonyl (C=O) groups is 2. The van der Waals surface area contributed by atoms with Crippen molar-refractivity contribution in [2.24, 2.45) is 29.6 Å². The van der Waals surface area contributed by atoms with Gasteiger partial charge in [0.05, 0.1) is 24.4 Å². The molecule has 0 aromatic carbocycles. The van der Waals surface area contributed by atoms with Gasteiger partial charge in [0.2, 0.25) is 0 Å². The maximum Gasteiger partial charge on any atom is 0.349 e. The minimum Gasteiger partial charge on any atom is -0.392 e. The van der Waals surface area contributed by atoms with Gasteiger partial charge in [-0.25, -0.2) is 0 Å². The Labute approximate surface area is 215 Å². The van der Waals surface area contributed by atoms with E-state index in [-0.39, 0.29) is 51.6 Å². The molecule has 0 saturated carbocycles. The molecular weight excluding hydrogens is 460 g/mol. The molecule has 0 aromatic rings. The number of rotatable bonds is 10. The maximum atomic E-state index is 12.4. The summed E-state index contributed by atoms with van der Waals surface area (Å²) in [5.41, 5.74) is 0. The molecule has 206 valence electrons. The third kappa shape index (κ3) is 6.46. The highest BCUT2D eigenvalue weighted by Gasteiger charge is 2.65. The number of Topliss-reactive ketones (excluding diaryl/α,β-unsaturated/α-hetero) is 2. The second kappa shape index (κ2) is 11.8. The van der Waals surface area contributed by atoms with E-state index in [9.17, 15) is 19.8 Å². The van der Waals surface area contributed by atoms with Gasteiger partial charge >= 0.3 is 8.56 Å². The number of carbonyl (C=O) groups excluding carboxylic acids is 2. The Hall–Kier alpha value is -0.603. The van der Waals surface area contributed by atoms with E-state index in [1.165, 1.54) is 0 Å². The number of aliphatic hydroxyl groups excluding tert-OH is 2. The zero-order chi connectivity index (χ0) is 27.7. The first-order valence-electron chi connectivity index (χ1n) is 13.6. The molecule has 7 heteroatoms. The molecule has 9 atom stereocenters. The molecule has 0 radical (unpaired) electrons. The molecule has 0 spiro atoms. The molecule has 1 rings (SSSR count). The quantitative estimate of drug-likeness (QED) is 0.365. The number of aliphatic hydroxyl groups is 2. The van der Waals surface area contributed by atoms with Crippen LogP contribution in [0.1, 0.15) is 103 Å². The van der Waals surface area contributed by atoms with E-state index in [1.54, 1.807) is 13.8 Å². The molecule has 5 unspecified atom stereocenters. The molecule has 0 aromatic heterocycles. The normalized spacial score (nSPS) is 28.5. The predicted octanol–water partition coefficient (Wildman–Crippen LogP) is 5.67. The van der Waals surface area contributed by atoms with Crippen molar-refractivity contribution < 1.29 is 28.7 Å². The van der Waals surface area contributed by atoms with Gasteiger partial charge in [-0.05, 0) is 0 Å². The van der Waals surface area contributed by atoms with Crippen LogP contribution < -0.4 is 0 Å². The van der Waals surface area contributed by atoms with Gasteiger partial charge in [-0.2, -0.15) is 0 Å².